The SMILES string of the molecule is Cc1cc(OC/C=C/c2ccccc2)c(CO)cn1. The first-order valence-corrected chi connectivity index (χ1v) is 6.20. The van der Waals surface area contributed by atoms with E-state index in [0.29, 0.717) is 17.9 Å². The highest BCUT2D eigenvalue weighted by Crippen LogP contribution is 2.18. The minimum Gasteiger partial charge on any atom is -0.489 e. The maximum absolute atomic E-state index is 9.21. The monoisotopic (exact) mass is 255 g/mol. The summed E-state index contributed by atoms with van der Waals surface area (Å²) in [5, 5.41) is 9.21. The number of nitrogens with zero attached hydrogens (tertiary/aromatic N) is 1. The minimum atomic E-state index is -0.0645. The van der Waals surface area contributed by atoms with Crippen LogP contribution in [0.3, 0.4) is 0 Å². The Hall–Kier alpha value is -2.13. The van der Waals surface area contributed by atoms with Crippen molar-refractivity contribution in [1.29, 1.82) is 0 Å². The lowest BCUT2D eigenvalue weighted by atomic mass is 10.2. The Morgan fingerprint density at radius 2 is 2.05 bits per heavy atom. The van der Waals surface area contributed by atoms with Crippen LogP contribution in [0, 0.1) is 6.92 Å². The molecule has 1 aromatic heterocycles. The molecule has 0 spiro atoms. The van der Waals surface area contributed by atoms with Gasteiger partial charge >= 0.3 is 0 Å². The first kappa shape index (κ1) is 13.3. The van der Waals surface area contributed by atoms with Crippen molar-refractivity contribution in [1.82, 2.24) is 4.98 Å². The van der Waals surface area contributed by atoms with Gasteiger partial charge in [0.05, 0.1) is 6.61 Å². The number of pyridine rings is 1. The number of aryl methyl sites for hydroxylation is 1. The molecule has 2 aromatic rings. The standard InChI is InChI=1S/C16H17NO2/c1-13-10-16(15(12-18)11-17-13)19-9-5-8-14-6-3-2-4-7-14/h2-8,10-11,18H,9,12H2,1H3/b8-5+. The van der Waals surface area contributed by atoms with Gasteiger partial charge in [0.15, 0.2) is 0 Å². The molecule has 0 atom stereocenters. The highest BCUT2D eigenvalue weighted by molar-refractivity contribution is 5.48. The average molecular weight is 255 g/mol. The Morgan fingerprint density at radius 3 is 2.79 bits per heavy atom. The summed E-state index contributed by atoms with van der Waals surface area (Å²) in [6, 6.07) is 11.9. The number of aliphatic hydroxyl groups is 1. The summed E-state index contributed by atoms with van der Waals surface area (Å²) in [5.41, 5.74) is 2.72. The van der Waals surface area contributed by atoms with Crippen molar-refractivity contribution in [3.63, 3.8) is 0 Å². The van der Waals surface area contributed by atoms with Crippen LogP contribution < -0.4 is 4.74 Å². The van der Waals surface area contributed by atoms with E-state index in [9.17, 15) is 5.11 Å². The van der Waals surface area contributed by atoms with Crippen LogP contribution in [0.2, 0.25) is 0 Å². The van der Waals surface area contributed by atoms with Crippen LogP contribution in [0.4, 0.5) is 0 Å². The van der Waals surface area contributed by atoms with Crippen molar-refractivity contribution < 1.29 is 9.84 Å². The third-order valence-corrected chi connectivity index (χ3v) is 2.70. The van der Waals surface area contributed by atoms with E-state index < -0.39 is 0 Å². The lowest BCUT2D eigenvalue weighted by Gasteiger charge is -2.08. The van der Waals surface area contributed by atoms with Gasteiger partial charge in [0, 0.05) is 23.5 Å². The second kappa shape index (κ2) is 6.71. The molecule has 0 saturated carbocycles. The molecule has 0 saturated heterocycles. The molecule has 3 nitrogen and oxygen atoms in total. The third-order valence-electron chi connectivity index (χ3n) is 2.70. The summed E-state index contributed by atoms with van der Waals surface area (Å²) < 4.78 is 5.64. The molecule has 0 radical (unpaired) electrons. The fourth-order valence-corrected chi connectivity index (χ4v) is 1.70. The van der Waals surface area contributed by atoms with E-state index in [0.717, 1.165) is 11.3 Å². The molecule has 1 aromatic carbocycles. The van der Waals surface area contributed by atoms with Crippen molar-refractivity contribution in [3.05, 3.63) is 65.5 Å². The van der Waals surface area contributed by atoms with Crippen LogP contribution >= 0.6 is 0 Å². The predicted molar refractivity (Wildman–Crippen MR) is 75.9 cm³/mol. The zero-order valence-corrected chi connectivity index (χ0v) is 10.9. The van der Waals surface area contributed by atoms with Crippen molar-refractivity contribution in [2.75, 3.05) is 6.61 Å². The zero-order valence-electron chi connectivity index (χ0n) is 10.9. The molecule has 0 unspecified atom stereocenters. The Balaban J connectivity index is 1.96. The summed E-state index contributed by atoms with van der Waals surface area (Å²) in [6.45, 7) is 2.30. The first-order chi connectivity index (χ1) is 9.29. The van der Waals surface area contributed by atoms with E-state index in [4.69, 9.17) is 4.74 Å². The van der Waals surface area contributed by atoms with Crippen molar-refractivity contribution in [2.45, 2.75) is 13.5 Å². The van der Waals surface area contributed by atoms with Crippen LogP contribution in [0.25, 0.3) is 6.08 Å². The maximum atomic E-state index is 9.21. The van der Waals surface area contributed by atoms with Gasteiger partial charge in [0.25, 0.3) is 0 Å². The molecule has 0 aliphatic carbocycles. The normalized spacial score (nSPS) is 10.8. The fourth-order valence-electron chi connectivity index (χ4n) is 1.70. The number of ether oxygens (including phenoxy) is 1. The largest absolute Gasteiger partial charge is 0.489 e. The van der Waals surface area contributed by atoms with E-state index >= 15 is 0 Å². The smallest absolute Gasteiger partial charge is 0.128 e. The van der Waals surface area contributed by atoms with Gasteiger partial charge in [-0.15, -0.1) is 0 Å². The molecule has 1 heterocycles. The van der Waals surface area contributed by atoms with Crippen LogP contribution in [0.1, 0.15) is 16.8 Å². The van der Waals surface area contributed by atoms with E-state index in [1.807, 2.05) is 55.5 Å². The third kappa shape index (κ3) is 3.93. The first-order valence-electron chi connectivity index (χ1n) is 6.20. The molecule has 0 bridgehead atoms. The molecule has 0 amide bonds. The summed E-state index contributed by atoms with van der Waals surface area (Å²) in [7, 11) is 0. The lowest BCUT2D eigenvalue weighted by Crippen LogP contribution is -1.99. The number of benzene rings is 1. The molecule has 19 heavy (non-hydrogen) atoms. The van der Waals surface area contributed by atoms with Crippen molar-refractivity contribution >= 4 is 6.08 Å². The number of hydrogen-bond acceptors (Lipinski definition) is 3. The van der Waals surface area contributed by atoms with Crippen LogP contribution in [0.15, 0.2) is 48.7 Å². The van der Waals surface area contributed by atoms with Gasteiger partial charge in [-0.1, -0.05) is 36.4 Å². The second-order valence-corrected chi connectivity index (χ2v) is 4.22. The topological polar surface area (TPSA) is 42.4 Å². The second-order valence-electron chi connectivity index (χ2n) is 4.22. The summed E-state index contributed by atoms with van der Waals surface area (Å²) >= 11 is 0. The Kier molecular flexibility index (Phi) is 4.70. The molecule has 0 aliphatic rings. The summed E-state index contributed by atoms with van der Waals surface area (Å²) in [5.74, 6) is 0.688. The van der Waals surface area contributed by atoms with E-state index in [2.05, 4.69) is 4.98 Å². The van der Waals surface area contributed by atoms with Crippen molar-refractivity contribution in [3.8, 4) is 5.75 Å². The molecule has 3 heteroatoms. The number of aromatic nitrogens is 1. The molecule has 1 N–H and O–H groups in total. The van der Waals surface area contributed by atoms with E-state index in [1.165, 1.54) is 0 Å². The average Bonchev–Trinajstić information content (AvgIpc) is 2.45. The Bertz CT molecular complexity index is 550. The Morgan fingerprint density at radius 1 is 1.26 bits per heavy atom. The maximum Gasteiger partial charge on any atom is 0.128 e. The van der Waals surface area contributed by atoms with Crippen molar-refractivity contribution in [2.24, 2.45) is 0 Å². The molecule has 98 valence electrons. The zero-order chi connectivity index (χ0) is 13.5. The number of aliphatic hydroxyl groups excluding tert-OH is 1. The quantitative estimate of drug-likeness (QED) is 0.893. The van der Waals surface area contributed by atoms with E-state index in [-0.39, 0.29) is 6.61 Å². The van der Waals surface area contributed by atoms with Gasteiger partial charge in [0.2, 0.25) is 0 Å². The van der Waals surface area contributed by atoms with Gasteiger partial charge in [-0.25, -0.2) is 0 Å². The summed E-state index contributed by atoms with van der Waals surface area (Å²) in [4.78, 5) is 4.13. The van der Waals surface area contributed by atoms with Gasteiger partial charge < -0.3 is 9.84 Å². The minimum absolute atomic E-state index is 0.0645. The molecule has 0 aliphatic heterocycles. The van der Waals surface area contributed by atoms with Gasteiger partial charge in [0.1, 0.15) is 12.4 Å². The number of hydrogen-bond donors (Lipinski definition) is 1. The Labute approximate surface area is 113 Å². The molecular weight excluding hydrogens is 238 g/mol. The van der Waals surface area contributed by atoms with Gasteiger partial charge in [-0.3, -0.25) is 4.98 Å². The van der Waals surface area contributed by atoms with E-state index in [1.54, 1.807) is 6.20 Å². The highest BCUT2D eigenvalue weighted by atomic mass is 16.5. The van der Waals surface area contributed by atoms with Gasteiger partial charge in [-0.2, -0.15) is 0 Å². The highest BCUT2D eigenvalue weighted by Gasteiger charge is 2.02. The van der Waals surface area contributed by atoms with Crippen LogP contribution in [0.5, 0.6) is 5.75 Å². The fraction of sp³-hybridized carbons (Fsp3) is 0.188. The molecular formula is C16H17NO2. The number of rotatable bonds is 5. The predicted octanol–water partition coefficient (Wildman–Crippen LogP) is 2.97. The van der Waals surface area contributed by atoms with Gasteiger partial charge in [-0.05, 0) is 18.6 Å². The summed E-state index contributed by atoms with van der Waals surface area (Å²) in [6.07, 6.45) is 5.60. The molecule has 0 fully saturated rings. The van der Waals surface area contributed by atoms with Crippen LogP contribution in [-0.4, -0.2) is 16.7 Å². The molecule has 2 rings (SSSR count). The lowest BCUT2D eigenvalue weighted by molar-refractivity contribution is 0.269. The van der Waals surface area contributed by atoms with Crippen LogP contribution in [-0.2, 0) is 6.61 Å².